The van der Waals surface area contributed by atoms with Crippen LogP contribution in [0.1, 0.15) is 61.6 Å². The smallest absolute Gasteiger partial charge is 0.206 e. The van der Waals surface area contributed by atoms with Crippen LogP contribution in [-0.2, 0) is 13.5 Å². The van der Waals surface area contributed by atoms with Crippen LogP contribution in [0.3, 0.4) is 0 Å². The van der Waals surface area contributed by atoms with E-state index in [1.54, 1.807) is 4.68 Å². The summed E-state index contributed by atoms with van der Waals surface area (Å²) in [5, 5.41) is 4.36. The lowest BCUT2D eigenvalue weighted by atomic mass is 9.96. The average Bonchev–Trinajstić information content (AvgIpc) is 2.69. The highest BCUT2D eigenvalue weighted by molar-refractivity contribution is 6.07. The molecule has 0 saturated heterocycles. The maximum atomic E-state index is 12.5. The van der Waals surface area contributed by atoms with E-state index < -0.39 is 0 Å². The SMILES string of the molecule is CCc1cc(C(=O)/C2=C/CCCCCC2)n(C)n1. The van der Waals surface area contributed by atoms with Crippen LogP contribution >= 0.6 is 0 Å². The molecule has 0 atom stereocenters. The fourth-order valence-electron chi connectivity index (χ4n) is 2.47. The fourth-order valence-corrected chi connectivity index (χ4v) is 2.47. The van der Waals surface area contributed by atoms with E-state index in [9.17, 15) is 4.79 Å². The Balaban J connectivity index is 2.20. The molecule has 3 heteroatoms. The van der Waals surface area contributed by atoms with Crippen molar-refractivity contribution in [3.63, 3.8) is 0 Å². The Kier molecular flexibility index (Phi) is 4.34. The molecular formula is C15H22N2O. The summed E-state index contributed by atoms with van der Waals surface area (Å²) in [7, 11) is 1.86. The van der Waals surface area contributed by atoms with Gasteiger partial charge in [-0.15, -0.1) is 0 Å². The van der Waals surface area contributed by atoms with Crippen LogP contribution in [0.15, 0.2) is 17.7 Å². The maximum Gasteiger partial charge on any atom is 0.206 e. The molecule has 1 aliphatic carbocycles. The number of carbonyl (C=O) groups is 1. The third kappa shape index (κ3) is 2.89. The van der Waals surface area contributed by atoms with Crippen LogP contribution in [0.5, 0.6) is 0 Å². The van der Waals surface area contributed by atoms with E-state index in [4.69, 9.17) is 0 Å². The van der Waals surface area contributed by atoms with Crippen LogP contribution in [0, 0.1) is 0 Å². The zero-order chi connectivity index (χ0) is 13.0. The Labute approximate surface area is 109 Å². The predicted octanol–water partition coefficient (Wildman–Crippen LogP) is 3.45. The Morgan fingerprint density at radius 3 is 2.83 bits per heavy atom. The van der Waals surface area contributed by atoms with Crippen molar-refractivity contribution in [3.8, 4) is 0 Å². The van der Waals surface area contributed by atoms with Gasteiger partial charge >= 0.3 is 0 Å². The first-order chi connectivity index (χ1) is 8.72. The van der Waals surface area contributed by atoms with Crippen LogP contribution in [0.4, 0.5) is 0 Å². The van der Waals surface area contributed by atoms with Crippen molar-refractivity contribution in [1.29, 1.82) is 0 Å². The molecule has 0 spiro atoms. The number of allylic oxidation sites excluding steroid dienone is 2. The zero-order valence-corrected chi connectivity index (χ0v) is 11.4. The van der Waals surface area contributed by atoms with E-state index in [0.717, 1.165) is 42.6 Å². The van der Waals surface area contributed by atoms with Gasteiger partial charge in [-0.1, -0.05) is 25.8 Å². The van der Waals surface area contributed by atoms with E-state index in [1.807, 2.05) is 13.1 Å². The summed E-state index contributed by atoms with van der Waals surface area (Å²) in [6, 6.07) is 1.93. The lowest BCUT2D eigenvalue weighted by molar-refractivity contribution is 0.102. The molecule has 1 aromatic rings. The lowest BCUT2D eigenvalue weighted by Gasteiger charge is -2.10. The van der Waals surface area contributed by atoms with Gasteiger partial charge < -0.3 is 0 Å². The van der Waals surface area contributed by atoms with Crippen molar-refractivity contribution >= 4 is 5.78 Å². The molecule has 0 bridgehead atoms. The first kappa shape index (κ1) is 13.1. The van der Waals surface area contributed by atoms with E-state index in [-0.39, 0.29) is 5.78 Å². The Morgan fingerprint density at radius 2 is 2.11 bits per heavy atom. The van der Waals surface area contributed by atoms with Gasteiger partial charge in [0.25, 0.3) is 0 Å². The van der Waals surface area contributed by atoms with Crippen molar-refractivity contribution in [1.82, 2.24) is 9.78 Å². The van der Waals surface area contributed by atoms with Crippen molar-refractivity contribution in [2.75, 3.05) is 0 Å². The first-order valence-corrected chi connectivity index (χ1v) is 6.99. The highest BCUT2D eigenvalue weighted by Gasteiger charge is 2.17. The van der Waals surface area contributed by atoms with Gasteiger partial charge in [0.05, 0.1) is 5.69 Å². The Bertz CT molecular complexity index is 457. The number of Topliss-reactive ketones (excluding diaryl/α,β-unsaturated/α-hetero) is 1. The van der Waals surface area contributed by atoms with Crippen LogP contribution in [0.2, 0.25) is 0 Å². The van der Waals surface area contributed by atoms with Gasteiger partial charge in [0.15, 0.2) is 0 Å². The van der Waals surface area contributed by atoms with Gasteiger partial charge in [-0.05, 0) is 43.7 Å². The molecule has 0 amide bonds. The third-order valence-electron chi connectivity index (χ3n) is 3.61. The number of carbonyl (C=O) groups excluding carboxylic acids is 1. The van der Waals surface area contributed by atoms with E-state index >= 15 is 0 Å². The van der Waals surface area contributed by atoms with Crippen molar-refractivity contribution in [2.24, 2.45) is 7.05 Å². The number of aromatic nitrogens is 2. The van der Waals surface area contributed by atoms with Gasteiger partial charge in [-0.3, -0.25) is 9.48 Å². The molecule has 0 N–H and O–H groups in total. The van der Waals surface area contributed by atoms with Gasteiger partial charge in [0, 0.05) is 7.05 Å². The first-order valence-electron chi connectivity index (χ1n) is 6.99. The number of nitrogens with zero attached hydrogens (tertiary/aromatic N) is 2. The second-order valence-corrected chi connectivity index (χ2v) is 5.01. The largest absolute Gasteiger partial charge is 0.287 e. The second-order valence-electron chi connectivity index (χ2n) is 5.01. The summed E-state index contributed by atoms with van der Waals surface area (Å²) in [6.45, 7) is 2.06. The number of hydrogen-bond acceptors (Lipinski definition) is 2. The molecule has 18 heavy (non-hydrogen) atoms. The van der Waals surface area contributed by atoms with Crippen molar-refractivity contribution < 1.29 is 4.79 Å². The van der Waals surface area contributed by atoms with Crippen molar-refractivity contribution in [3.05, 3.63) is 29.1 Å². The second kappa shape index (κ2) is 5.98. The quantitative estimate of drug-likeness (QED) is 0.766. The van der Waals surface area contributed by atoms with Gasteiger partial charge in [-0.2, -0.15) is 5.10 Å². The maximum absolute atomic E-state index is 12.5. The zero-order valence-electron chi connectivity index (χ0n) is 11.4. The highest BCUT2D eigenvalue weighted by Crippen LogP contribution is 2.20. The molecule has 1 aliphatic rings. The molecule has 0 unspecified atom stereocenters. The molecule has 0 radical (unpaired) electrons. The summed E-state index contributed by atoms with van der Waals surface area (Å²) >= 11 is 0. The number of aryl methyl sites for hydroxylation is 2. The Hall–Kier alpha value is -1.38. The average molecular weight is 246 g/mol. The minimum atomic E-state index is 0.173. The molecule has 98 valence electrons. The standard InChI is InChI=1S/C15H22N2O/c1-3-13-11-14(17(2)16-13)15(18)12-9-7-5-4-6-8-10-12/h9,11H,3-8,10H2,1-2H3/b12-9+. The summed E-state index contributed by atoms with van der Waals surface area (Å²) < 4.78 is 1.72. The molecule has 1 aromatic heterocycles. The normalized spacial score (nSPS) is 19.8. The number of hydrogen-bond donors (Lipinski definition) is 0. The van der Waals surface area contributed by atoms with Gasteiger partial charge in [0.2, 0.25) is 5.78 Å². The molecule has 0 saturated carbocycles. The summed E-state index contributed by atoms with van der Waals surface area (Å²) in [6.07, 6.45) is 9.86. The number of rotatable bonds is 3. The van der Waals surface area contributed by atoms with Crippen LogP contribution < -0.4 is 0 Å². The predicted molar refractivity (Wildman–Crippen MR) is 72.7 cm³/mol. The van der Waals surface area contributed by atoms with E-state index in [0.29, 0.717) is 0 Å². The molecule has 2 rings (SSSR count). The minimum Gasteiger partial charge on any atom is -0.287 e. The summed E-state index contributed by atoms with van der Waals surface area (Å²) in [5.41, 5.74) is 2.71. The summed E-state index contributed by atoms with van der Waals surface area (Å²) in [5.74, 6) is 0.173. The summed E-state index contributed by atoms with van der Waals surface area (Å²) in [4.78, 5) is 12.5. The topological polar surface area (TPSA) is 34.9 Å². The fraction of sp³-hybridized carbons (Fsp3) is 0.600. The molecule has 0 aliphatic heterocycles. The lowest BCUT2D eigenvalue weighted by Crippen LogP contribution is -2.10. The third-order valence-corrected chi connectivity index (χ3v) is 3.61. The Morgan fingerprint density at radius 1 is 1.33 bits per heavy atom. The molecule has 1 heterocycles. The van der Waals surface area contributed by atoms with Gasteiger partial charge in [-0.25, -0.2) is 0 Å². The van der Waals surface area contributed by atoms with E-state index in [1.165, 1.54) is 19.3 Å². The molecular weight excluding hydrogens is 224 g/mol. The van der Waals surface area contributed by atoms with Crippen molar-refractivity contribution in [2.45, 2.75) is 51.9 Å². The highest BCUT2D eigenvalue weighted by atomic mass is 16.1. The van der Waals surface area contributed by atoms with Crippen LogP contribution in [-0.4, -0.2) is 15.6 Å². The minimum absolute atomic E-state index is 0.173. The molecule has 0 fully saturated rings. The van der Waals surface area contributed by atoms with E-state index in [2.05, 4.69) is 18.1 Å². The monoisotopic (exact) mass is 246 g/mol. The molecule has 0 aromatic carbocycles. The van der Waals surface area contributed by atoms with Crippen LogP contribution in [0.25, 0.3) is 0 Å². The number of ketones is 1. The van der Waals surface area contributed by atoms with Gasteiger partial charge in [0.1, 0.15) is 5.69 Å². The molecule has 3 nitrogen and oxygen atoms in total.